The van der Waals surface area contributed by atoms with Gasteiger partial charge in [-0.25, -0.2) is 4.39 Å². The number of nitrogens with zero attached hydrogens (tertiary/aromatic N) is 1. The van der Waals surface area contributed by atoms with Crippen molar-refractivity contribution in [3.63, 3.8) is 0 Å². The summed E-state index contributed by atoms with van der Waals surface area (Å²) in [5.41, 5.74) is 0.913. The van der Waals surface area contributed by atoms with E-state index in [4.69, 9.17) is 0 Å². The molecule has 5 nitrogen and oxygen atoms in total. The van der Waals surface area contributed by atoms with Crippen molar-refractivity contribution in [1.82, 2.24) is 10.2 Å². The number of carbonyl (C=O) groups excluding carboxylic acids is 3. The maximum absolute atomic E-state index is 12.8. The second-order valence-corrected chi connectivity index (χ2v) is 6.49. The third-order valence-electron chi connectivity index (χ3n) is 4.88. The number of hydrogen-bond acceptors (Lipinski definition) is 3. The predicted molar refractivity (Wildman–Crippen MR) is 85.3 cm³/mol. The van der Waals surface area contributed by atoms with Gasteiger partial charge in [0.05, 0.1) is 11.8 Å². The summed E-state index contributed by atoms with van der Waals surface area (Å²) in [6, 6.07) is 6.08. The van der Waals surface area contributed by atoms with Crippen LogP contribution in [0.3, 0.4) is 0 Å². The van der Waals surface area contributed by atoms with Crippen molar-refractivity contribution in [3.8, 4) is 0 Å². The number of hydrogen-bond donors (Lipinski definition) is 1. The molecule has 0 spiro atoms. The van der Waals surface area contributed by atoms with Gasteiger partial charge in [-0.2, -0.15) is 0 Å². The lowest BCUT2D eigenvalue weighted by molar-refractivity contribution is -0.143. The zero-order valence-electron chi connectivity index (χ0n) is 13.5. The first-order valence-electron chi connectivity index (χ1n) is 8.42. The van der Waals surface area contributed by atoms with Crippen molar-refractivity contribution in [2.24, 2.45) is 11.8 Å². The number of amides is 3. The van der Waals surface area contributed by atoms with Crippen molar-refractivity contribution < 1.29 is 18.8 Å². The van der Waals surface area contributed by atoms with E-state index in [2.05, 4.69) is 5.32 Å². The van der Waals surface area contributed by atoms with E-state index in [0.29, 0.717) is 13.0 Å². The second kappa shape index (κ2) is 7.11. The van der Waals surface area contributed by atoms with Crippen LogP contribution < -0.4 is 5.32 Å². The van der Waals surface area contributed by atoms with Gasteiger partial charge in [-0.15, -0.1) is 0 Å². The van der Waals surface area contributed by atoms with Crippen LogP contribution in [-0.4, -0.2) is 35.7 Å². The number of likely N-dealkylation sites (tertiary alicyclic amines) is 1. The van der Waals surface area contributed by atoms with Crippen LogP contribution in [0.15, 0.2) is 24.3 Å². The molecule has 0 radical (unpaired) electrons. The van der Waals surface area contributed by atoms with Crippen LogP contribution in [0.25, 0.3) is 0 Å². The quantitative estimate of drug-likeness (QED) is 0.834. The largest absolute Gasteiger partial charge is 0.354 e. The first kappa shape index (κ1) is 16.6. The molecule has 1 saturated heterocycles. The van der Waals surface area contributed by atoms with Crippen LogP contribution in [0, 0.1) is 17.7 Å². The maximum atomic E-state index is 12.8. The number of halogens is 1. The monoisotopic (exact) mass is 332 g/mol. The van der Waals surface area contributed by atoms with E-state index in [9.17, 15) is 18.8 Å². The molecule has 1 aliphatic carbocycles. The van der Waals surface area contributed by atoms with Crippen LogP contribution in [-0.2, 0) is 20.8 Å². The average Bonchev–Trinajstić information content (AvgIpc) is 2.82. The highest BCUT2D eigenvalue weighted by molar-refractivity contribution is 6.07. The third kappa shape index (κ3) is 3.47. The summed E-state index contributed by atoms with van der Waals surface area (Å²) in [5, 5.41) is 2.72. The molecule has 24 heavy (non-hydrogen) atoms. The number of rotatable bonds is 5. The summed E-state index contributed by atoms with van der Waals surface area (Å²) in [4.78, 5) is 37.7. The molecule has 1 saturated carbocycles. The smallest absolute Gasteiger partial charge is 0.240 e. The highest BCUT2D eigenvalue weighted by atomic mass is 19.1. The molecule has 6 heteroatoms. The molecule has 3 amide bonds. The Balaban J connectivity index is 1.48. The molecule has 0 aromatic heterocycles. The van der Waals surface area contributed by atoms with Gasteiger partial charge >= 0.3 is 0 Å². The standard InChI is InChI=1S/C18H21FN2O3/c19-13-7-5-12(6-8-13)9-10-20-16(22)11-21-17(23)14-3-1-2-4-15(14)18(21)24/h5-8,14-15H,1-4,9-11H2,(H,20,22). The summed E-state index contributed by atoms with van der Waals surface area (Å²) in [5.74, 6) is -1.47. The fraction of sp³-hybridized carbons (Fsp3) is 0.500. The van der Waals surface area contributed by atoms with E-state index in [1.54, 1.807) is 12.1 Å². The molecular formula is C18H21FN2O3. The molecular weight excluding hydrogens is 311 g/mol. The zero-order valence-corrected chi connectivity index (χ0v) is 13.5. The lowest BCUT2D eigenvalue weighted by atomic mass is 9.81. The Labute approximate surface area is 140 Å². The minimum atomic E-state index is -0.336. The lowest BCUT2D eigenvalue weighted by Crippen LogP contribution is -2.41. The Morgan fingerprint density at radius 3 is 2.25 bits per heavy atom. The fourth-order valence-electron chi connectivity index (χ4n) is 3.58. The summed E-state index contributed by atoms with van der Waals surface area (Å²) < 4.78 is 12.8. The predicted octanol–water partition coefficient (Wildman–Crippen LogP) is 1.66. The van der Waals surface area contributed by atoms with Crippen LogP contribution in [0.2, 0.25) is 0 Å². The number of nitrogens with one attached hydrogen (secondary N) is 1. The maximum Gasteiger partial charge on any atom is 0.240 e. The second-order valence-electron chi connectivity index (χ2n) is 6.49. The highest BCUT2D eigenvalue weighted by Crippen LogP contribution is 2.37. The molecule has 2 aliphatic rings. The fourth-order valence-corrected chi connectivity index (χ4v) is 3.58. The van der Waals surface area contributed by atoms with Crippen molar-refractivity contribution in [2.75, 3.05) is 13.1 Å². The summed E-state index contributed by atoms with van der Waals surface area (Å²) in [6.45, 7) is 0.182. The van der Waals surface area contributed by atoms with E-state index in [1.807, 2.05) is 0 Å². The van der Waals surface area contributed by atoms with Crippen LogP contribution in [0.5, 0.6) is 0 Å². The van der Waals surface area contributed by atoms with E-state index in [1.165, 1.54) is 12.1 Å². The van der Waals surface area contributed by atoms with Crippen molar-refractivity contribution in [3.05, 3.63) is 35.6 Å². The van der Waals surface area contributed by atoms with Gasteiger partial charge in [0, 0.05) is 6.54 Å². The van der Waals surface area contributed by atoms with Gasteiger partial charge in [-0.05, 0) is 37.0 Å². The van der Waals surface area contributed by atoms with Gasteiger partial charge in [-0.3, -0.25) is 19.3 Å². The topological polar surface area (TPSA) is 66.5 Å². The Hall–Kier alpha value is -2.24. The molecule has 0 bridgehead atoms. The molecule has 1 N–H and O–H groups in total. The first-order valence-corrected chi connectivity index (χ1v) is 8.42. The molecule has 1 aromatic rings. The summed E-state index contributed by atoms with van der Waals surface area (Å²) in [6.07, 6.45) is 4.00. The SMILES string of the molecule is O=C(CN1C(=O)C2CCCCC2C1=O)NCCc1ccc(F)cc1. The van der Waals surface area contributed by atoms with Crippen molar-refractivity contribution in [1.29, 1.82) is 0 Å². The number of carbonyl (C=O) groups is 3. The minimum absolute atomic E-state index is 0.196. The number of benzene rings is 1. The highest BCUT2D eigenvalue weighted by Gasteiger charge is 2.48. The van der Waals surface area contributed by atoms with E-state index < -0.39 is 0 Å². The minimum Gasteiger partial charge on any atom is -0.354 e. The van der Waals surface area contributed by atoms with Gasteiger partial charge in [0.25, 0.3) is 0 Å². The van der Waals surface area contributed by atoms with E-state index in [0.717, 1.165) is 36.1 Å². The zero-order chi connectivity index (χ0) is 17.1. The lowest BCUT2D eigenvalue weighted by Gasteiger charge is -2.19. The molecule has 128 valence electrons. The molecule has 1 heterocycles. The summed E-state index contributed by atoms with van der Waals surface area (Å²) in [7, 11) is 0. The molecule has 2 fully saturated rings. The van der Waals surface area contributed by atoms with Gasteiger partial charge in [0.15, 0.2) is 0 Å². The van der Waals surface area contributed by atoms with Crippen molar-refractivity contribution >= 4 is 17.7 Å². The molecule has 1 aliphatic heterocycles. The summed E-state index contributed by atoms with van der Waals surface area (Å²) >= 11 is 0. The number of fused-ring (bicyclic) bond motifs is 1. The first-order chi connectivity index (χ1) is 11.6. The van der Waals surface area contributed by atoms with E-state index >= 15 is 0 Å². The Morgan fingerprint density at radius 2 is 1.67 bits per heavy atom. The Bertz CT molecular complexity index is 620. The van der Waals surface area contributed by atoms with Gasteiger partial charge < -0.3 is 5.32 Å². The normalized spacial score (nSPS) is 23.3. The third-order valence-corrected chi connectivity index (χ3v) is 4.88. The van der Waals surface area contributed by atoms with Crippen LogP contribution in [0.1, 0.15) is 31.2 Å². The van der Waals surface area contributed by atoms with Gasteiger partial charge in [0.1, 0.15) is 12.4 Å². The van der Waals surface area contributed by atoms with E-state index in [-0.39, 0.29) is 41.9 Å². The molecule has 3 rings (SSSR count). The van der Waals surface area contributed by atoms with Gasteiger partial charge in [0.2, 0.25) is 17.7 Å². The Morgan fingerprint density at radius 1 is 1.08 bits per heavy atom. The molecule has 2 atom stereocenters. The number of imide groups is 1. The molecule has 2 unspecified atom stereocenters. The van der Waals surface area contributed by atoms with Crippen LogP contribution in [0.4, 0.5) is 4.39 Å². The van der Waals surface area contributed by atoms with Crippen molar-refractivity contribution in [2.45, 2.75) is 32.1 Å². The Kier molecular flexibility index (Phi) is 4.92. The molecule has 1 aromatic carbocycles. The van der Waals surface area contributed by atoms with Crippen LogP contribution >= 0.6 is 0 Å². The average molecular weight is 332 g/mol. The van der Waals surface area contributed by atoms with Gasteiger partial charge in [-0.1, -0.05) is 25.0 Å².